The molecule has 0 saturated heterocycles. The van der Waals surface area contributed by atoms with Crippen LogP contribution in [0.25, 0.3) is 11.6 Å². The van der Waals surface area contributed by atoms with E-state index in [4.69, 9.17) is 11.6 Å². The number of carbonyl (C=O) groups is 1. The van der Waals surface area contributed by atoms with Crippen LogP contribution in [-0.2, 0) is 11.3 Å². The first kappa shape index (κ1) is 21.7. The second-order valence-electron chi connectivity index (χ2n) is 7.21. The molecule has 2 nitrogen and oxygen atoms in total. The van der Waals surface area contributed by atoms with Crippen molar-refractivity contribution in [3.8, 4) is 0 Å². The Morgan fingerprint density at radius 1 is 1.00 bits per heavy atom. The molecule has 0 radical (unpaired) electrons. The van der Waals surface area contributed by atoms with Gasteiger partial charge < -0.3 is 0 Å². The number of halogens is 2. The van der Waals surface area contributed by atoms with E-state index in [0.717, 1.165) is 11.1 Å². The zero-order chi connectivity index (χ0) is 21.5. The molecule has 0 aromatic heterocycles. The predicted octanol–water partition coefficient (Wildman–Crippen LogP) is 6.28. The Labute approximate surface area is 181 Å². The van der Waals surface area contributed by atoms with Crippen LogP contribution in [0.4, 0.5) is 4.39 Å². The highest BCUT2D eigenvalue weighted by molar-refractivity contribution is 6.32. The van der Waals surface area contributed by atoms with Crippen LogP contribution in [0.1, 0.15) is 16.7 Å². The molecule has 0 aliphatic rings. The molecule has 30 heavy (non-hydrogen) atoms. The minimum atomic E-state index is -0.349. The van der Waals surface area contributed by atoms with Gasteiger partial charge in [0.05, 0.1) is 0 Å². The monoisotopic (exact) mass is 419 g/mol. The maximum absolute atomic E-state index is 13.4. The van der Waals surface area contributed by atoms with Crippen LogP contribution in [0, 0.1) is 5.82 Å². The topological polar surface area (TPSA) is 20.3 Å². The molecule has 0 atom stereocenters. The SMILES string of the molecule is C=C(CN(C)Cc1ccccc1)C(=O)/C(=C\c1ccc(Cl)cc1)c1ccc(F)cc1. The quantitative estimate of drug-likeness (QED) is 0.316. The van der Waals surface area contributed by atoms with Gasteiger partial charge in [0.1, 0.15) is 5.82 Å². The van der Waals surface area contributed by atoms with Gasteiger partial charge in [0.2, 0.25) is 0 Å². The van der Waals surface area contributed by atoms with Gasteiger partial charge in [0, 0.05) is 29.3 Å². The van der Waals surface area contributed by atoms with Gasteiger partial charge in [-0.05, 0) is 54.1 Å². The third-order valence-corrected chi connectivity index (χ3v) is 4.91. The van der Waals surface area contributed by atoms with Crippen LogP contribution in [0.15, 0.2) is 91.0 Å². The fraction of sp³-hybridized carbons (Fsp3) is 0.115. The fourth-order valence-corrected chi connectivity index (χ4v) is 3.30. The van der Waals surface area contributed by atoms with E-state index in [-0.39, 0.29) is 11.6 Å². The summed E-state index contributed by atoms with van der Waals surface area (Å²) < 4.78 is 13.4. The van der Waals surface area contributed by atoms with Gasteiger partial charge in [-0.2, -0.15) is 0 Å². The van der Waals surface area contributed by atoms with E-state index in [0.29, 0.717) is 34.8 Å². The molecule has 0 spiro atoms. The Kier molecular flexibility index (Phi) is 7.34. The summed E-state index contributed by atoms with van der Waals surface area (Å²) in [6.07, 6.45) is 1.79. The molecule has 3 rings (SSSR count). The van der Waals surface area contributed by atoms with E-state index in [1.165, 1.54) is 12.1 Å². The number of benzene rings is 3. The Hall–Kier alpha value is -3.01. The molecule has 0 amide bonds. The first-order chi connectivity index (χ1) is 14.4. The number of likely N-dealkylation sites (N-methyl/N-ethyl adjacent to an activating group) is 1. The summed E-state index contributed by atoms with van der Waals surface area (Å²) in [6.45, 7) is 5.16. The fourth-order valence-electron chi connectivity index (χ4n) is 3.17. The summed E-state index contributed by atoms with van der Waals surface area (Å²) in [6, 6.07) is 23.2. The van der Waals surface area contributed by atoms with Crippen LogP contribution < -0.4 is 0 Å². The summed E-state index contributed by atoms with van der Waals surface area (Å²) >= 11 is 5.97. The van der Waals surface area contributed by atoms with Crippen molar-refractivity contribution in [3.63, 3.8) is 0 Å². The second kappa shape index (κ2) is 10.1. The number of hydrogen-bond acceptors (Lipinski definition) is 2. The summed E-state index contributed by atoms with van der Waals surface area (Å²) in [5.41, 5.74) is 3.57. The second-order valence-corrected chi connectivity index (χ2v) is 7.64. The van der Waals surface area contributed by atoms with Crippen molar-refractivity contribution in [1.82, 2.24) is 4.90 Å². The average Bonchev–Trinajstić information content (AvgIpc) is 2.74. The summed E-state index contributed by atoms with van der Waals surface area (Å²) in [4.78, 5) is 15.3. The van der Waals surface area contributed by atoms with Gasteiger partial charge in [-0.15, -0.1) is 0 Å². The van der Waals surface area contributed by atoms with Gasteiger partial charge in [0.25, 0.3) is 0 Å². The molecular weight excluding hydrogens is 397 g/mol. The van der Waals surface area contributed by atoms with Crippen molar-refractivity contribution in [2.24, 2.45) is 0 Å². The van der Waals surface area contributed by atoms with Crippen LogP contribution in [0.2, 0.25) is 5.02 Å². The Morgan fingerprint density at radius 2 is 1.63 bits per heavy atom. The summed E-state index contributed by atoms with van der Waals surface area (Å²) in [7, 11) is 1.95. The molecule has 152 valence electrons. The third kappa shape index (κ3) is 5.99. The van der Waals surface area contributed by atoms with Crippen LogP contribution in [0.5, 0.6) is 0 Å². The lowest BCUT2D eigenvalue weighted by Gasteiger charge is -2.18. The summed E-state index contributed by atoms with van der Waals surface area (Å²) in [5.74, 6) is -0.519. The largest absolute Gasteiger partial charge is 0.298 e. The Morgan fingerprint density at radius 3 is 2.27 bits per heavy atom. The van der Waals surface area contributed by atoms with E-state index in [9.17, 15) is 9.18 Å². The lowest BCUT2D eigenvalue weighted by atomic mass is 9.95. The minimum absolute atomic E-state index is 0.170. The van der Waals surface area contributed by atoms with Gasteiger partial charge >= 0.3 is 0 Å². The van der Waals surface area contributed by atoms with Crippen LogP contribution in [0.3, 0.4) is 0 Å². The standard InChI is InChI=1S/C26H23ClFNO/c1-19(17-29(2)18-21-6-4-3-5-7-21)26(30)25(22-10-14-24(28)15-11-22)16-20-8-12-23(27)13-9-20/h3-16H,1,17-18H2,2H3/b25-16-. The molecule has 0 aliphatic heterocycles. The highest BCUT2D eigenvalue weighted by atomic mass is 35.5. The van der Waals surface area contributed by atoms with Crippen LogP contribution >= 0.6 is 11.6 Å². The Balaban J connectivity index is 1.83. The first-order valence-electron chi connectivity index (χ1n) is 9.60. The molecule has 0 N–H and O–H groups in total. The molecule has 0 unspecified atom stereocenters. The number of hydrogen-bond donors (Lipinski definition) is 0. The van der Waals surface area contributed by atoms with Crippen LogP contribution in [-0.4, -0.2) is 24.3 Å². The van der Waals surface area contributed by atoms with Gasteiger partial charge in [-0.1, -0.05) is 72.8 Å². The maximum atomic E-state index is 13.4. The molecule has 0 saturated carbocycles. The lowest BCUT2D eigenvalue weighted by molar-refractivity contribution is -0.110. The highest BCUT2D eigenvalue weighted by Gasteiger charge is 2.17. The number of Topliss-reactive ketones (excluding diaryl/α,β-unsaturated/α-hetero) is 1. The third-order valence-electron chi connectivity index (χ3n) is 4.66. The normalized spacial score (nSPS) is 11.5. The Bertz CT molecular complexity index is 1040. The van der Waals surface area contributed by atoms with E-state index in [1.54, 1.807) is 30.3 Å². The van der Waals surface area contributed by atoms with Crippen molar-refractivity contribution in [2.75, 3.05) is 13.6 Å². The molecule has 3 aromatic rings. The molecule has 0 heterocycles. The average molecular weight is 420 g/mol. The predicted molar refractivity (Wildman–Crippen MR) is 123 cm³/mol. The molecule has 3 aromatic carbocycles. The van der Waals surface area contributed by atoms with Crippen molar-refractivity contribution >= 4 is 29.0 Å². The van der Waals surface area contributed by atoms with Crippen molar-refractivity contribution in [1.29, 1.82) is 0 Å². The number of allylic oxidation sites excluding steroid dienone is 1. The van der Waals surface area contributed by atoms with Gasteiger partial charge in [-0.3, -0.25) is 9.69 Å². The lowest BCUT2D eigenvalue weighted by Crippen LogP contribution is -2.23. The maximum Gasteiger partial charge on any atom is 0.190 e. The number of carbonyl (C=O) groups excluding carboxylic acids is 1. The molecule has 0 bridgehead atoms. The van der Waals surface area contributed by atoms with Gasteiger partial charge in [-0.25, -0.2) is 4.39 Å². The summed E-state index contributed by atoms with van der Waals surface area (Å²) in [5, 5.41) is 0.619. The van der Waals surface area contributed by atoms with Gasteiger partial charge in [0.15, 0.2) is 5.78 Å². The molecular formula is C26H23ClFNO. The number of rotatable bonds is 8. The zero-order valence-corrected chi connectivity index (χ0v) is 17.6. The van der Waals surface area contributed by atoms with E-state index < -0.39 is 0 Å². The van der Waals surface area contributed by atoms with E-state index in [1.807, 2.05) is 54.4 Å². The van der Waals surface area contributed by atoms with E-state index in [2.05, 4.69) is 6.58 Å². The molecule has 0 fully saturated rings. The smallest absolute Gasteiger partial charge is 0.190 e. The van der Waals surface area contributed by atoms with Crippen molar-refractivity contribution < 1.29 is 9.18 Å². The van der Waals surface area contributed by atoms with E-state index >= 15 is 0 Å². The highest BCUT2D eigenvalue weighted by Crippen LogP contribution is 2.24. The van der Waals surface area contributed by atoms with Crippen molar-refractivity contribution in [3.05, 3.63) is 119 Å². The zero-order valence-electron chi connectivity index (χ0n) is 16.8. The number of nitrogens with zero attached hydrogens (tertiary/aromatic N) is 1. The minimum Gasteiger partial charge on any atom is -0.298 e. The molecule has 0 aliphatic carbocycles. The number of ketones is 1. The first-order valence-corrected chi connectivity index (χ1v) is 9.98. The van der Waals surface area contributed by atoms with Crippen molar-refractivity contribution in [2.45, 2.75) is 6.54 Å². The molecule has 4 heteroatoms.